The SMILES string of the molecule is Cc1ccc(N2C(=O)C(Cl)=C(Nc3ccc(Cl)cc3C)C2=O)cc1Cl. The summed E-state index contributed by atoms with van der Waals surface area (Å²) in [5, 5.41) is 3.80. The zero-order chi connectivity index (χ0) is 18.3. The van der Waals surface area contributed by atoms with Gasteiger partial charge in [-0.1, -0.05) is 40.9 Å². The summed E-state index contributed by atoms with van der Waals surface area (Å²) in [6.07, 6.45) is 0. The largest absolute Gasteiger partial charge is 0.349 e. The summed E-state index contributed by atoms with van der Waals surface area (Å²) >= 11 is 18.2. The van der Waals surface area contributed by atoms with Gasteiger partial charge in [-0.3, -0.25) is 9.59 Å². The molecule has 2 amide bonds. The molecule has 0 fully saturated rings. The molecule has 1 N–H and O–H groups in total. The Morgan fingerprint density at radius 3 is 2.24 bits per heavy atom. The Bertz CT molecular complexity index is 938. The molecule has 2 aromatic carbocycles. The van der Waals surface area contributed by atoms with E-state index in [0.717, 1.165) is 16.0 Å². The Morgan fingerprint density at radius 1 is 0.880 bits per heavy atom. The fraction of sp³-hybridized carbons (Fsp3) is 0.111. The Hall–Kier alpha value is -2.01. The van der Waals surface area contributed by atoms with E-state index < -0.39 is 11.8 Å². The van der Waals surface area contributed by atoms with Crippen molar-refractivity contribution in [2.75, 3.05) is 10.2 Å². The highest BCUT2D eigenvalue weighted by atomic mass is 35.5. The first kappa shape index (κ1) is 17.8. The van der Waals surface area contributed by atoms with Gasteiger partial charge in [0.25, 0.3) is 11.8 Å². The van der Waals surface area contributed by atoms with Crippen molar-refractivity contribution in [1.29, 1.82) is 0 Å². The summed E-state index contributed by atoms with van der Waals surface area (Å²) < 4.78 is 0. The van der Waals surface area contributed by atoms with E-state index in [1.165, 1.54) is 0 Å². The van der Waals surface area contributed by atoms with Crippen LogP contribution in [0.3, 0.4) is 0 Å². The monoisotopic (exact) mass is 394 g/mol. The third-order valence-corrected chi connectivity index (χ3v) is 4.88. The molecule has 25 heavy (non-hydrogen) atoms. The summed E-state index contributed by atoms with van der Waals surface area (Å²) in [4.78, 5) is 26.2. The van der Waals surface area contributed by atoms with Crippen LogP contribution in [0.4, 0.5) is 11.4 Å². The Morgan fingerprint density at radius 2 is 1.60 bits per heavy atom. The van der Waals surface area contributed by atoms with Crippen LogP contribution < -0.4 is 10.2 Å². The molecular formula is C18H13Cl3N2O2. The van der Waals surface area contributed by atoms with Crippen molar-refractivity contribution in [3.63, 3.8) is 0 Å². The maximum Gasteiger partial charge on any atom is 0.283 e. The van der Waals surface area contributed by atoms with Gasteiger partial charge in [0.05, 0.1) is 5.69 Å². The molecule has 0 aromatic heterocycles. The van der Waals surface area contributed by atoms with E-state index in [2.05, 4.69) is 5.32 Å². The standard InChI is InChI=1S/C18H13Cl3N2O2/c1-9-3-5-12(8-13(9)20)23-17(24)15(21)16(18(23)25)22-14-6-4-11(19)7-10(14)2/h3-8,22H,1-2H3. The van der Waals surface area contributed by atoms with Crippen LogP contribution in [0.1, 0.15) is 11.1 Å². The van der Waals surface area contributed by atoms with Gasteiger partial charge in [-0.25, -0.2) is 4.90 Å². The lowest BCUT2D eigenvalue weighted by Crippen LogP contribution is -2.32. The molecule has 0 saturated heterocycles. The number of aryl methyl sites for hydroxylation is 2. The molecule has 2 aromatic rings. The van der Waals surface area contributed by atoms with Crippen LogP contribution in [-0.4, -0.2) is 11.8 Å². The highest BCUT2D eigenvalue weighted by Gasteiger charge is 2.39. The van der Waals surface area contributed by atoms with Crippen molar-refractivity contribution < 1.29 is 9.59 Å². The highest BCUT2D eigenvalue weighted by Crippen LogP contribution is 2.33. The van der Waals surface area contributed by atoms with Gasteiger partial charge in [-0.05, 0) is 55.3 Å². The number of carbonyl (C=O) groups excluding carboxylic acids is 2. The molecule has 0 aliphatic carbocycles. The molecule has 0 unspecified atom stereocenters. The second kappa shape index (κ2) is 6.71. The van der Waals surface area contributed by atoms with Crippen molar-refractivity contribution in [1.82, 2.24) is 0 Å². The Labute approximate surface area is 160 Å². The number of nitrogens with zero attached hydrogens (tertiary/aromatic N) is 1. The number of hydrogen-bond acceptors (Lipinski definition) is 3. The van der Waals surface area contributed by atoms with Gasteiger partial charge in [0, 0.05) is 15.7 Å². The van der Waals surface area contributed by atoms with Gasteiger partial charge in [0.15, 0.2) is 0 Å². The number of anilines is 2. The Balaban J connectivity index is 1.95. The predicted molar refractivity (Wildman–Crippen MR) is 101 cm³/mol. The predicted octanol–water partition coefficient (Wildman–Crippen LogP) is 5.05. The van der Waals surface area contributed by atoms with Gasteiger partial charge in [-0.2, -0.15) is 0 Å². The first-order chi connectivity index (χ1) is 11.8. The lowest BCUT2D eigenvalue weighted by atomic mass is 10.2. The average molecular weight is 396 g/mol. The van der Waals surface area contributed by atoms with E-state index in [-0.39, 0.29) is 10.7 Å². The molecule has 128 valence electrons. The van der Waals surface area contributed by atoms with Crippen LogP contribution in [0, 0.1) is 13.8 Å². The van der Waals surface area contributed by atoms with Crippen molar-refractivity contribution in [2.24, 2.45) is 0 Å². The second-order valence-electron chi connectivity index (χ2n) is 5.65. The molecule has 0 spiro atoms. The van der Waals surface area contributed by atoms with E-state index in [9.17, 15) is 9.59 Å². The quantitative estimate of drug-likeness (QED) is 0.740. The molecule has 0 atom stereocenters. The third kappa shape index (κ3) is 3.25. The topological polar surface area (TPSA) is 49.4 Å². The van der Waals surface area contributed by atoms with Crippen LogP contribution in [0.15, 0.2) is 47.1 Å². The summed E-state index contributed by atoms with van der Waals surface area (Å²) in [5.74, 6) is -1.13. The van der Waals surface area contributed by atoms with Crippen molar-refractivity contribution >= 4 is 58.0 Å². The maximum absolute atomic E-state index is 12.7. The minimum atomic E-state index is -0.597. The molecule has 1 aliphatic heterocycles. The Kier molecular flexibility index (Phi) is 4.78. The molecule has 0 radical (unpaired) electrons. The third-order valence-electron chi connectivity index (χ3n) is 3.89. The lowest BCUT2D eigenvalue weighted by Gasteiger charge is -2.16. The molecule has 0 bridgehead atoms. The number of rotatable bonds is 3. The van der Waals surface area contributed by atoms with Gasteiger partial charge in [0.2, 0.25) is 0 Å². The highest BCUT2D eigenvalue weighted by molar-refractivity contribution is 6.53. The maximum atomic E-state index is 12.7. The fourth-order valence-corrected chi connectivity index (χ4v) is 3.08. The number of carbonyl (C=O) groups is 2. The summed E-state index contributed by atoms with van der Waals surface area (Å²) in [7, 11) is 0. The molecule has 0 saturated carbocycles. The van der Waals surface area contributed by atoms with E-state index in [4.69, 9.17) is 34.8 Å². The number of halogens is 3. The zero-order valence-electron chi connectivity index (χ0n) is 13.4. The van der Waals surface area contributed by atoms with Crippen LogP contribution in [0.2, 0.25) is 10.0 Å². The first-order valence-corrected chi connectivity index (χ1v) is 8.51. The van der Waals surface area contributed by atoms with Crippen LogP contribution >= 0.6 is 34.8 Å². The van der Waals surface area contributed by atoms with E-state index >= 15 is 0 Å². The van der Waals surface area contributed by atoms with Gasteiger partial charge in [-0.15, -0.1) is 0 Å². The van der Waals surface area contributed by atoms with E-state index in [1.807, 2.05) is 13.8 Å². The minimum Gasteiger partial charge on any atom is -0.349 e. The summed E-state index contributed by atoms with van der Waals surface area (Å²) in [5.41, 5.74) is 2.70. The molecule has 7 heteroatoms. The number of benzene rings is 2. The van der Waals surface area contributed by atoms with Crippen molar-refractivity contribution in [3.05, 3.63) is 68.3 Å². The van der Waals surface area contributed by atoms with Crippen LogP contribution in [0.5, 0.6) is 0 Å². The number of nitrogens with one attached hydrogen (secondary N) is 1. The number of amides is 2. The lowest BCUT2D eigenvalue weighted by molar-refractivity contribution is -0.120. The smallest absolute Gasteiger partial charge is 0.283 e. The normalized spacial score (nSPS) is 14.5. The molecule has 3 rings (SSSR count). The van der Waals surface area contributed by atoms with Gasteiger partial charge < -0.3 is 5.32 Å². The molecular weight excluding hydrogens is 383 g/mol. The molecule has 4 nitrogen and oxygen atoms in total. The summed E-state index contributed by atoms with van der Waals surface area (Å²) in [6, 6.07) is 10.1. The van der Waals surface area contributed by atoms with Gasteiger partial charge >= 0.3 is 0 Å². The summed E-state index contributed by atoms with van der Waals surface area (Å²) in [6.45, 7) is 3.67. The minimum absolute atomic E-state index is 0.0220. The fourth-order valence-electron chi connectivity index (χ4n) is 2.47. The molecule has 1 aliphatic rings. The second-order valence-corrected chi connectivity index (χ2v) is 6.87. The van der Waals surface area contributed by atoms with Crippen LogP contribution in [-0.2, 0) is 9.59 Å². The first-order valence-electron chi connectivity index (χ1n) is 7.37. The molecule has 1 heterocycles. The van der Waals surface area contributed by atoms with Gasteiger partial charge in [0.1, 0.15) is 10.7 Å². The van der Waals surface area contributed by atoms with Crippen LogP contribution in [0.25, 0.3) is 0 Å². The zero-order valence-corrected chi connectivity index (χ0v) is 15.6. The van der Waals surface area contributed by atoms with E-state index in [1.54, 1.807) is 36.4 Å². The van der Waals surface area contributed by atoms with E-state index in [0.29, 0.717) is 21.4 Å². The van der Waals surface area contributed by atoms with Crippen molar-refractivity contribution in [2.45, 2.75) is 13.8 Å². The van der Waals surface area contributed by atoms with Crippen molar-refractivity contribution in [3.8, 4) is 0 Å². The average Bonchev–Trinajstić information content (AvgIpc) is 2.76. The number of imide groups is 1. The number of hydrogen-bond donors (Lipinski definition) is 1.